The van der Waals surface area contributed by atoms with Crippen molar-refractivity contribution in [3.63, 3.8) is 0 Å². The summed E-state index contributed by atoms with van der Waals surface area (Å²) in [6, 6.07) is 5.42. The maximum Gasteiger partial charge on any atom is 0.276 e. The number of rotatable bonds is 3. The van der Waals surface area contributed by atoms with Crippen LogP contribution in [0.2, 0.25) is 0 Å². The largest absolute Gasteiger partial charge is 0.317 e. The van der Waals surface area contributed by atoms with Gasteiger partial charge in [0.1, 0.15) is 5.69 Å². The van der Waals surface area contributed by atoms with E-state index < -0.39 is 0 Å². The lowest BCUT2D eigenvalue weighted by Gasteiger charge is -2.20. The number of aromatic nitrogens is 2. The molecule has 0 radical (unpaired) electrons. The van der Waals surface area contributed by atoms with Gasteiger partial charge in [-0.15, -0.1) is 11.3 Å². The first-order chi connectivity index (χ1) is 10.2. The van der Waals surface area contributed by atoms with Gasteiger partial charge >= 0.3 is 0 Å². The fourth-order valence-corrected chi connectivity index (χ4v) is 3.45. The fraction of sp³-hybridized carbons (Fsp3) is 0.400. The van der Waals surface area contributed by atoms with Gasteiger partial charge in [0.05, 0.1) is 0 Å². The van der Waals surface area contributed by atoms with Gasteiger partial charge in [-0.25, -0.2) is 9.97 Å². The summed E-state index contributed by atoms with van der Waals surface area (Å²) in [6.07, 6.45) is 4.16. The summed E-state index contributed by atoms with van der Waals surface area (Å²) in [6.45, 7) is 3.98. The van der Waals surface area contributed by atoms with Crippen LogP contribution in [0, 0.1) is 6.92 Å². The number of nitrogens with zero attached hydrogens (tertiary/aromatic N) is 2. The summed E-state index contributed by atoms with van der Waals surface area (Å²) in [7, 11) is 0. The SMILES string of the molecule is Cc1cccc(C(=O)Nc2ncc(C3CCNCC3)s2)n1. The van der Waals surface area contributed by atoms with Crippen molar-refractivity contribution in [1.82, 2.24) is 15.3 Å². The van der Waals surface area contributed by atoms with Gasteiger partial charge < -0.3 is 5.32 Å². The van der Waals surface area contributed by atoms with Gasteiger partial charge in [0.25, 0.3) is 5.91 Å². The molecule has 1 fully saturated rings. The fourth-order valence-electron chi connectivity index (χ4n) is 2.47. The van der Waals surface area contributed by atoms with E-state index in [1.807, 2.05) is 25.3 Å². The van der Waals surface area contributed by atoms with Gasteiger partial charge in [-0.05, 0) is 50.9 Å². The number of carbonyl (C=O) groups excluding carboxylic acids is 1. The maximum atomic E-state index is 12.1. The molecule has 21 heavy (non-hydrogen) atoms. The molecule has 5 nitrogen and oxygen atoms in total. The van der Waals surface area contributed by atoms with Gasteiger partial charge in [-0.2, -0.15) is 0 Å². The van der Waals surface area contributed by atoms with Crippen molar-refractivity contribution in [2.24, 2.45) is 0 Å². The number of pyridine rings is 1. The van der Waals surface area contributed by atoms with Crippen LogP contribution in [0.1, 0.15) is 39.8 Å². The number of carbonyl (C=O) groups is 1. The summed E-state index contributed by atoms with van der Waals surface area (Å²) >= 11 is 1.57. The molecular formula is C15H18N4OS. The Bertz CT molecular complexity index is 634. The third-order valence-electron chi connectivity index (χ3n) is 3.61. The average molecular weight is 302 g/mol. The Labute approximate surface area is 127 Å². The van der Waals surface area contributed by atoms with Crippen molar-refractivity contribution in [3.05, 3.63) is 40.7 Å². The van der Waals surface area contributed by atoms with E-state index in [0.29, 0.717) is 16.7 Å². The summed E-state index contributed by atoms with van der Waals surface area (Å²) in [5, 5.41) is 6.84. The first kappa shape index (κ1) is 14.2. The molecule has 1 aliphatic rings. The van der Waals surface area contributed by atoms with E-state index in [4.69, 9.17) is 0 Å². The van der Waals surface area contributed by atoms with E-state index in [1.165, 1.54) is 4.88 Å². The van der Waals surface area contributed by atoms with Gasteiger partial charge in [-0.1, -0.05) is 6.07 Å². The molecule has 0 aliphatic carbocycles. The Hall–Kier alpha value is -1.79. The van der Waals surface area contributed by atoms with E-state index in [0.717, 1.165) is 31.6 Å². The second-order valence-electron chi connectivity index (χ2n) is 5.21. The van der Waals surface area contributed by atoms with Gasteiger partial charge in [0.15, 0.2) is 5.13 Å². The van der Waals surface area contributed by atoms with Crippen LogP contribution in [0.3, 0.4) is 0 Å². The quantitative estimate of drug-likeness (QED) is 0.914. The van der Waals surface area contributed by atoms with Gasteiger partial charge in [0.2, 0.25) is 0 Å². The molecule has 0 bridgehead atoms. The van der Waals surface area contributed by atoms with Crippen LogP contribution >= 0.6 is 11.3 Å². The molecule has 110 valence electrons. The molecule has 0 saturated carbocycles. The zero-order chi connectivity index (χ0) is 14.7. The smallest absolute Gasteiger partial charge is 0.276 e. The van der Waals surface area contributed by atoms with Gasteiger partial charge in [-0.3, -0.25) is 10.1 Å². The first-order valence-electron chi connectivity index (χ1n) is 7.14. The third kappa shape index (κ3) is 3.46. The number of hydrogen-bond acceptors (Lipinski definition) is 5. The molecule has 3 heterocycles. The number of amides is 1. The molecule has 1 saturated heterocycles. The maximum absolute atomic E-state index is 12.1. The molecule has 0 aromatic carbocycles. The Morgan fingerprint density at radius 2 is 2.19 bits per heavy atom. The van der Waals surface area contributed by atoms with Crippen LogP contribution in [-0.4, -0.2) is 29.0 Å². The summed E-state index contributed by atoms with van der Waals surface area (Å²) in [4.78, 5) is 21.9. The molecule has 3 rings (SSSR count). The summed E-state index contributed by atoms with van der Waals surface area (Å²) in [5.41, 5.74) is 1.26. The van der Waals surface area contributed by atoms with E-state index in [-0.39, 0.29) is 5.91 Å². The van der Waals surface area contributed by atoms with E-state index >= 15 is 0 Å². The van der Waals surface area contributed by atoms with Crippen molar-refractivity contribution in [3.8, 4) is 0 Å². The Balaban J connectivity index is 1.68. The second kappa shape index (κ2) is 6.32. The topological polar surface area (TPSA) is 66.9 Å². The van der Waals surface area contributed by atoms with E-state index in [1.54, 1.807) is 17.4 Å². The number of nitrogens with one attached hydrogen (secondary N) is 2. The monoisotopic (exact) mass is 302 g/mol. The molecule has 1 amide bonds. The number of piperidine rings is 1. The second-order valence-corrected chi connectivity index (χ2v) is 6.27. The zero-order valence-corrected chi connectivity index (χ0v) is 12.7. The highest BCUT2D eigenvalue weighted by molar-refractivity contribution is 7.15. The molecule has 2 aromatic heterocycles. The molecule has 2 N–H and O–H groups in total. The van der Waals surface area contributed by atoms with Crippen LogP contribution in [-0.2, 0) is 0 Å². The molecule has 6 heteroatoms. The lowest BCUT2D eigenvalue weighted by Crippen LogP contribution is -2.26. The summed E-state index contributed by atoms with van der Waals surface area (Å²) < 4.78 is 0. The standard InChI is InChI=1S/C15H18N4OS/c1-10-3-2-4-12(18-10)14(20)19-15-17-9-13(21-15)11-5-7-16-8-6-11/h2-4,9,11,16H,5-8H2,1H3,(H,17,19,20). The van der Waals surface area contributed by atoms with E-state index in [9.17, 15) is 4.79 Å². The predicted molar refractivity (Wildman–Crippen MR) is 83.9 cm³/mol. The first-order valence-corrected chi connectivity index (χ1v) is 7.95. The predicted octanol–water partition coefficient (Wildman–Crippen LogP) is 2.57. The van der Waals surface area contributed by atoms with Crippen LogP contribution in [0.25, 0.3) is 0 Å². The lowest BCUT2D eigenvalue weighted by molar-refractivity contribution is 0.102. The molecule has 0 spiro atoms. The highest BCUT2D eigenvalue weighted by Crippen LogP contribution is 2.31. The summed E-state index contributed by atoms with van der Waals surface area (Å²) in [5.74, 6) is 0.358. The van der Waals surface area contributed by atoms with Crippen molar-refractivity contribution < 1.29 is 4.79 Å². The van der Waals surface area contributed by atoms with Crippen LogP contribution in [0.4, 0.5) is 5.13 Å². The van der Waals surface area contributed by atoms with Gasteiger partial charge in [0, 0.05) is 16.8 Å². The minimum absolute atomic E-state index is 0.204. The highest BCUT2D eigenvalue weighted by atomic mass is 32.1. The molecule has 0 atom stereocenters. The molecule has 1 aliphatic heterocycles. The van der Waals surface area contributed by atoms with Crippen LogP contribution < -0.4 is 10.6 Å². The number of aryl methyl sites for hydroxylation is 1. The number of hydrogen-bond donors (Lipinski definition) is 2. The molecule has 2 aromatic rings. The minimum atomic E-state index is -0.204. The Morgan fingerprint density at radius 1 is 1.38 bits per heavy atom. The number of thiazole rings is 1. The minimum Gasteiger partial charge on any atom is -0.317 e. The van der Waals surface area contributed by atoms with Crippen LogP contribution in [0.15, 0.2) is 24.4 Å². The third-order valence-corrected chi connectivity index (χ3v) is 4.68. The van der Waals surface area contributed by atoms with E-state index in [2.05, 4.69) is 20.6 Å². The van der Waals surface area contributed by atoms with Crippen molar-refractivity contribution in [2.75, 3.05) is 18.4 Å². The Morgan fingerprint density at radius 3 is 2.95 bits per heavy atom. The zero-order valence-electron chi connectivity index (χ0n) is 11.9. The Kier molecular flexibility index (Phi) is 4.26. The highest BCUT2D eigenvalue weighted by Gasteiger charge is 2.18. The van der Waals surface area contributed by atoms with Crippen LogP contribution in [0.5, 0.6) is 0 Å². The average Bonchev–Trinajstić information content (AvgIpc) is 2.97. The molecule has 0 unspecified atom stereocenters. The van der Waals surface area contributed by atoms with Crippen molar-refractivity contribution in [2.45, 2.75) is 25.7 Å². The van der Waals surface area contributed by atoms with Crippen molar-refractivity contribution >= 4 is 22.4 Å². The molecular weight excluding hydrogens is 284 g/mol. The normalized spacial score (nSPS) is 15.9. The van der Waals surface area contributed by atoms with Crippen molar-refractivity contribution in [1.29, 1.82) is 0 Å². The lowest BCUT2D eigenvalue weighted by atomic mass is 9.97. The number of anilines is 1.